The van der Waals surface area contributed by atoms with E-state index in [4.69, 9.17) is 4.74 Å². The van der Waals surface area contributed by atoms with Crippen LogP contribution in [-0.4, -0.2) is 40.2 Å². The van der Waals surface area contributed by atoms with E-state index in [1.807, 2.05) is 0 Å². The maximum Gasteiger partial charge on any atom is 0.172 e. The minimum Gasteiger partial charge on any atom is -0.504 e. The minimum absolute atomic E-state index is 0.0261. The van der Waals surface area contributed by atoms with Crippen LogP contribution in [0.1, 0.15) is 23.2 Å². The van der Waals surface area contributed by atoms with Crippen LogP contribution in [0.4, 0.5) is 0 Å². The lowest BCUT2D eigenvalue weighted by Crippen LogP contribution is -2.19. The van der Waals surface area contributed by atoms with Crippen LogP contribution in [0.15, 0.2) is 18.2 Å². The van der Waals surface area contributed by atoms with Crippen LogP contribution in [0.3, 0.4) is 0 Å². The monoisotopic (exact) mass is 268 g/mol. The van der Waals surface area contributed by atoms with Gasteiger partial charge in [0.2, 0.25) is 0 Å². The van der Waals surface area contributed by atoms with E-state index in [0.717, 1.165) is 26.1 Å². The van der Waals surface area contributed by atoms with Gasteiger partial charge in [-0.05, 0) is 31.0 Å². The van der Waals surface area contributed by atoms with Crippen LogP contribution in [0.5, 0.6) is 11.5 Å². The van der Waals surface area contributed by atoms with Crippen molar-refractivity contribution < 1.29 is 19.7 Å². The molecule has 0 saturated carbocycles. The first-order valence-corrected chi connectivity index (χ1v) is 6.96. The lowest BCUT2D eigenvalue weighted by molar-refractivity contribution is 0.0988. The smallest absolute Gasteiger partial charge is 0.172 e. The molecule has 0 amide bonds. The van der Waals surface area contributed by atoms with Crippen LogP contribution < -0.4 is 0 Å². The van der Waals surface area contributed by atoms with Crippen molar-refractivity contribution in [2.45, 2.75) is 18.1 Å². The number of ether oxygens (including phenoxy) is 1. The Morgan fingerprint density at radius 2 is 2.00 bits per heavy atom. The molecule has 18 heavy (non-hydrogen) atoms. The van der Waals surface area contributed by atoms with Crippen LogP contribution in [0.2, 0.25) is 0 Å². The van der Waals surface area contributed by atoms with Gasteiger partial charge in [-0.2, -0.15) is 11.8 Å². The fourth-order valence-corrected chi connectivity index (χ4v) is 2.90. The number of Topliss-reactive ketones (excluding diaryl/α,β-unsaturated/α-hetero) is 1. The summed E-state index contributed by atoms with van der Waals surface area (Å²) in [4.78, 5) is 11.9. The topological polar surface area (TPSA) is 66.8 Å². The van der Waals surface area contributed by atoms with Gasteiger partial charge in [0, 0.05) is 24.0 Å². The van der Waals surface area contributed by atoms with E-state index in [1.54, 1.807) is 11.8 Å². The zero-order valence-corrected chi connectivity index (χ0v) is 10.8. The molecule has 1 aromatic carbocycles. The molecule has 0 spiro atoms. The molecular weight excluding hydrogens is 252 g/mol. The minimum atomic E-state index is -0.253. The Morgan fingerprint density at radius 1 is 1.28 bits per heavy atom. The molecule has 1 fully saturated rings. The van der Waals surface area contributed by atoms with Crippen molar-refractivity contribution in [3.05, 3.63) is 23.8 Å². The molecule has 1 aromatic rings. The summed E-state index contributed by atoms with van der Waals surface area (Å²) in [5.74, 6) is -0.0862. The average molecular weight is 268 g/mol. The van der Waals surface area contributed by atoms with Gasteiger partial charge < -0.3 is 14.9 Å². The summed E-state index contributed by atoms with van der Waals surface area (Å²) in [6, 6.07) is 4.17. The first-order chi connectivity index (χ1) is 8.66. The molecule has 5 heteroatoms. The van der Waals surface area contributed by atoms with Gasteiger partial charge in [-0.25, -0.2) is 0 Å². The van der Waals surface area contributed by atoms with E-state index in [9.17, 15) is 15.0 Å². The number of benzene rings is 1. The normalized spacial score (nSPS) is 16.7. The van der Waals surface area contributed by atoms with Crippen molar-refractivity contribution in [1.82, 2.24) is 0 Å². The highest BCUT2D eigenvalue weighted by Gasteiger charge is 2.16. The summed E-state index contributed by atoms with van der Waals surface area (Å²) in [6.45, 7) is 1.54. The van der Waals surface area contributed by atoms with Crippen LogP contribution in [-0.2, 0) is 4.74 Å². The third-order valence-electron chi connectivity index (χ3n) is 2.92. The SMILES string of the molecule is O=C(CSC1CCOCC1)c1ccc(O)c(O)c1. The Hall–Kier alpha value is -1.20. The Bertz CT molecular complexity index is 427. The van der Waals surface area contributed by atoms with Gasteiger partial charge in [0.15, 0.2) is 17.3 Å². The van der Waals surface area contributed by atoms with E-state index >= 15 is 0 Å². The number of carbonyl (C=O) groups excluding carboxylic acids is 1. The third kappa shape index (κ3) is 3.40. The van der Waals surface area contributed by atoms with Gasteiger partial charge in [0.05, 0.1) is 5.75 Å². The van der Waals surface area contributed by atoms with Crippen LogP contribution >= 0.6 is 11.8 Å². The molecule has 1 aliphatic heterocycles. The number of phenolic OH excluding ortho intramolecular Hbond substituents is 2. The van der Waals surface area contributed by atoms with Crippen molar-refractivity contribution in [3.8, 4) is 11.5 Å². The van der Waals surface area contributed by atoms with Gasteiger partial charge >= 0.3 is 0 Å². The van der Waals surface area contributed by atoms with E-state index in [2.05, 4.69) is 0 Å². The molecule has 4 nitrogen and oxygen atoms in total. The standard InChI is InChI=1S/C13H16O4S/c14-11-2-1-9(7-12(11)15)13(16)8-18-10-3-5-17-6-4-10/h1-2,7,10,14-15H,3-6,8H2. The number of hydrogen-bond acceptors (Lipinski definition) is 5. The summed E-state index contributed by atoms with van der Waals surface area (Å²) < 4.78 is 5.26. The quantitative estimate of drug-likeness (QED) is 0.647. The molecule has 0 aliphatic carbocycles. The van der Waals surface area contributed by atoms with Crippen molar-refractivity contribution in [1.29, 1.82) is 0 Å². The van der Waals surface area contributed by atoms with Gasteiger partial charge in [-0.1, -0.05) is 0 Å². The zero-order chi connectivity index (χ0) is 13.0. The van der Waals surface area contributed by atoms with Crippen molar-refractivity contribution in [3.63, 3.8) is 0 Å². The van der Waals surface area contributed by atoms with E-state index in [0.29, 0.717) is 16.6 Å². The third-order valence-corrected chi connectivity index (χ3v) is 4.29. The lowest BCUT2D eigenvalue weighted by atomic mass is 10.1. The molecule has 0 aromatic heterocycles. The first-order valence-electron chi connectivity index (χ1n) is 5.91. The number of rotatable bonds is 4. The Labute approximate surface area is 110 Å². The molecule has 0 unspecified atom stereocenters. The summed E-state index contributed by atoms with van der Waals surface area (Å²) >= 11 is 1.64. The number of phenols is 2. The maximum absolute atomic E-state index is 11.9. The largest absolute Gasteiger partial charge is 0.504 e. The van der Waals surface area contributed by atoms with E-state index in [-0.39, 0.29) is 17.3 Å². The number of ketones is 1. The van der Waals surface area contributed by atoms with Crippen molar-refractivity contribution in [2.75, 3.05) is 19.0 Å². The molecule has 2 N–H and O–H groups in total. The molecule has 0 bridgehead atoms. The second-order valence-electron chi connectivity index (χ2n) is 4.25. The summed E-state index contributed by atoms with van der Waals surface area (Å²) in [6.07, 6.45) is 1.97. The van der Waals surface area contributed by atoms with Gasteiger partial charge in [-0.3, -0.25) is 4.79 Å². The zero-order valence-electron chi connectivity index (χ0n) is 9.96. The predicted octanol–water partition coefficient (Wildman–Crippen LogP) is 2.19. The highest BCUT2D eigenvalue weighted by Crippen LogP contribution is 2.27. The van der Waals surface area contributed by atoms with Crippen molar-refractivity contribution in [2.24, 2.45) is 0 Å². The molecular formula is C13H16O4S. The fraction of sp³-hybridized carbons (Fsp3) is 0.462. The lowest BCUT2D eigenvalue weighted by Gasteiger charge is -2.21. The molecule has 2 rings (SSSR count). The number of aromatic hydroxyl groups is 2. The van der Waals surface area contributed by atoms with Gasteiger partial charge in [0.1, 0.15) is 0 Å². The van der Waals surface area contributed by atoms with Gasteiger partial charge in [0.25, 0.3) is 0 Å². The summed E-state index contributed by atoms with van der Waals surface area (Å²) in [5, 5.41) is 19.0. The highest BCUT2D eigenvalue weighted by molar-refractivity contribution is 8.00. The number of hydrogen-bond donors (Lipinski definition) is 2. The second kappa shape index (κ2) is 6.11. The summed E-state index contributed by atoms with van der Waals surface area (Å²) in [5.41, 5.74) is 0.435. The fourth-order valence-electron chi connectivity index (χ4n) is 1.82. The molecule has 98 valence electrons. The van der Waals surface area contributed by atoms with Gasteiger partial charge in [-0.15, -0.1) is 0 Å². The van der Waals surface area contributed by atoms with E-state index < -0.39 is 0 Å². The molecule has 0 atom stereocenters. The molecule has 1 aliphatic rings. The number of carbonyl (C=O) groups is 1. The Morgan fingerprint density at radius 3 is 2.67 bits per heavy atom. The molecule has 1 heterocycles. The average Bonchev–Trinajstić information content (AvgIpc) is 2.40. The molecule has 0 radical (unpaired) electrons. The molecule has 1 saturated heterocycles. The Kier molecular flexibility index (Phi) is 4.49. The highest BCUT2D eigenvalue weighted by atomic mass is 32.2. The maximum atomic E-state index is 11.9. The second-order valence-corrected chi connectivity index (χ2v) is 5.54. The van der Waals surface area contributed by atoms with Crippen LogP contribution in [0, 0.1) is 0 Å². The van der Waals surface area contributed by atoms with Crippen LogP contribution in [0.25, 0.3) is 0 Å². The van der Waals surface area contributed by atoms with E-state index in [1.165, 1.54) is 18.2 Å². The predicted molar refractivity (Wildman–Crippen MR) is 70.4 cm³/mol. The number of thioether (sulfide) groups is 1. The summed E-state index contributed by atoms with van der Waals surface area (Å²) in [7, 11) is 0. The first kappa shape index (κ1) is 13.2. The van der Waals surface area contributed by atoms with Crippen molar-refractivity contribution >= 4 is 17.5 Å². The Balaban J connectivity index is 1.88.